The van der Waals surface area contributed by atoms with E-state index in [1.165, 1.54) is 4.88 Å². The number of amides is 1. The number of benzene rings is 1. The Kier molecular flexibility index (Phi) is 8.86. The number of rotatable bonds is 11. The van der Waals surface area contributed by atoms with Crippen molar-refractivity contribution in [2.24, 2.45) is 5.73 Å². The Bertz CT molecular complexity index is 1880. The number of hydrogen-bond acceptors (Lipinski definition) is 13. The molecule has 1 amide bonds. The molecule has 1 unspecified atom stereocenters. The molecule has 48 heavy (non-hydrogen) atoms. The second-order valence-electron chi connectivity index (χ2n) is 11.7. The molecule has 6 heterocycles. The molecule has 0 radical (unpaired) electrons. The average Bonchev–Trinajstić information content (AvgIpc) is 3.88. The number of ether oxygens (including phenoxy) is 3. The number of carbonyl (C=O) groups is 1. The minimum atomic E-state index is -0.440. The fourth-order valence-electron chi connectivity index (χ4n) is 6.33. The molecule has 0 bridgehead atoms. The summed E-state index contributed by atoms with van der Waals surface area (Å²) in [4.78, 5) is 40.0. The number of carbonyl (C=O) groups excluding carboxylic acids is 1. The summed E-state index contributed by atoms with van der Waals surface area (Å²) in [5.74, 6) is 3.91. The van der Waals surface area contributed by atoms with Gasteiger partial charge in [0.05, 0.1) is 38.6 Å². The number of methoxy groups -OCH3 is 3. The Hall–Kier alpha value is -5.15. The molecule has 14 nitrogen and oxygen atoms in total. The number of nitrogens with zero attached hydrogens (tertiary/aromatic N) is 8. The lowest BCUT2D eigenvalue weighted by Gasteiger charge is -2.35. The standard InChI is InChI=1S/C33H38N10O4S/c1-45-25-15-21(16-26(46-2)29(25)47-3)42-19-27(36-20-42)37-31-23-17-22(18-40-11-13-41(14-12-40)28-8-4-5-9-35-28)48-32(23)39-33(38-31)43-10-6-7-24(43)30(34)44/h4-5,8-9,15-17,19-20,24H,6-7,10-14,18H2,1-3H3,(H2,34,44)(H,37,38,39). The largest absolute Gasteiger partial charge is 0.493 e. The summed E-state index contributed by atoms with van der Waals surface area (Å²) in [6.45, 7) is 5.15. The SMILES string of the molecule is COc1cc(-n2cnc(Nc3nc(N4CCCC4C(N)=O)nc4sc(CN5CCN(c6ccccn6)CC5)cc34)c2)cc(OC)c1OC. The van der Waals surface area contributed by atoms with Gasteiger partial charge >= 0.3 is 0 Å². The molecule has 1 aromatic carbocycles. The highest BCUT2D eigenvalue weighted by molar-refractivity contribution is 7.18. The van der Waals surface area contributed by atoms with Gasteiger partial charge in [0, 0.05) is 62.5 Å². The Balaban J connectivity index is 1.17. The van der Waals surface area contributed by atoms with Gasteiger partial charge < -0.3 is 39.6 Å². The fraction of sp³-hybridized carbons (Fsp3) is 0.364. The first-order chi connectivity index (χ1) is 23.4. The van der Waals surface area contributed by atoms with Crippen molar-refractivity contribution in [2.45, 2.75) is 25.4 Å². The fourth-order valence-corrected chi connectivity index (χ4v) is 7.39. The van der Waals surface area contributed by atoms with Crippen LogP contribution in [0.25, 0.3) is 15.9 Å². The number of pyridine rings is 1. The zero-order chi connectivity index (χ0) is 33.2. The molecule has 0 saturated carbocycles. The van der Waals surface area contributed by atoms with Crippen LogP contribution in [0.5, 0.6) is 17.2 Å². The molecule has 0 aliphatic carbocycles. The molecule has 5 aromatic rings. The first-order valence-corrected chi connectivity index (χ1v) is 16.6. The number of imidazole rings is 1. The number of nitrogens with two attached hydrogens (primary N) is 1. The second kappa shape index (κ2) is 13.5. The molecule has 2 fully saturated rings. The van der Waals surface area contributed by atoms with Gasteiger partial charge in [0.1, 0.15) is 34.7 Å². The van der Waals surface area contributed by atoms with E-state index >= 15 is 0 Å². The van der Waals surface area contributed by atoms with Crippen molar-refractivity contribution in [2.75, 3.05) is 69.2 Å². The predicted molar refractivity (Wildman–Crippen MR) is 185 cm³/mol. The van der Waals surface area contributed by atoms with Crippen molar-refractivity contribution in [3.8, 4) is 22.9 Å². The molecule has 250 valence electrons. The van der Waals surface area contributed by atoms with E-state index in [-0.39, 0.29) is 5.91 Å². The first kappa shape index (κ1) is 31.4. The zero-order valence-corrected chi connectivity index (χ0v) is 27.9. The smallest absolute Gasteiger partial charge is 0.240 e. The molecule has 4 aromatic heterocycles. The molecule has 3 N–H and O–H groups in total. The van der Waals surface area contributed by atoms with Gasteiger partial charge in [-0.2, -0.15) is 4.98 Å². The highest BCUT2D eigenvalue weighted by Crippen LogP contribution is 2.40. The highest BCUT2D eigenvalue weighted by Gasteiger charge is 2.32. The third-order valence-corrected chi connectivity index (χ3v) is 9.79. The number of anilines is 4. The maximum absolute atomic E-state index is 12.3. The Morgan fingerprint density at radius 2 is 1.79 bits per heavy atom. The summed E-state index contributed by atoms with van der Waals surface area (Å²) in [5.41, 5.74) is 6.55. The van der Waals surface area contributed by atoms with Gasteiger partial charge in [0.15, 0.2) is 11.5 Å². The number of hydrogen-bond donors (Lipinski definition) is 2. The lowest BCUT2D eigenvalue weighted by Crippen LogP contribution is -2.46. The van der Waals surface area contributed by atoms with E-state index in [4.69, 9.17) is 29.9 Å². The topological polar surface area (TPSA) is 149 Å². The van der Waals surface area contributed by atoms with Crippen LogP contribution in [0.1, 0.15) is 17.7 Å². The van der Waals surface area contributed by atoms with Crippen LogP contribution in [0.3, 0.4) is 0 Å². The lowest BCUT2D eigenvalue weighted by molar-refractivity contribution is -0.119. The number of thiophene rings is 1. The molecule has 15 heteroatoms. The first-order valence-electron chi connectivity index (χ1n) is 15.8. The highest BCUT2D eigenvalue weighted by atomic mass is 32.1. The van der Waals surface area contributed by atoms with E-state index in [0.29, 0.717) is 47.8 Å². The van der Waals surface area contributed by atoms with E-state index in [0.717, 1.165) is 60.9 Å². The van der Waals surface area contributed by atoms with Gasteiger partial charge in [-0.15, -0.1) is 11.3 Å². The van der Waals surface area contributed by atoms with E-state index in [2.05, 4.69) is 37.2 Å². The molecule has 2 aliphatic rings. The van der Waals surface area contributed by atoms with Crippen molar-refractivity contribution in [3.63, 3.8) is 0 Å². The average molecular weight is 671 g/mol. The van der Waals surface area contributed by atoms with E-state index < -0.39 is 6.04 Å². The molecule has 1 atom stereocenters. The van der Waals surface area contributed by atoms with Crippen LogP contribution in [0.15, 0.2) is 55.1 Å². The second-order valence-corrected chi connectivity index (χ2v) is 12.8. The summed E-state index contributed by atoms with van der Waals surface area (Å²) in [5, 5.41) is 4.32. The van der Waals surface area contributed by atoms with Gasteiger partial charge in [-0.05, 0) is 31.0 Å². The van der Waals surface area contributed by atoms with Crippen molar-refractivity contribution in [3.05, 3.63) is 60.0 Å². The van der Waals surface area contributed by atoms with Gasteiger partial charge in [0.2, 0.25) is 17.6 Å². The minimum Gasteiger partial charge on any atom is -0.493 e. The van der Waals surface area contributed by atoms with Crippen LogP contribution in [0, 0.1) is 0 Å². The normalized spacial score (nSPS) is 16.8. The molecular weight excluding hydrogens is 632 g/mol. The summed E-state index contributed by atoms with van der Waals surface area (Å²) < 4.78 is 18.4. The van der Waals surface area contributed by atoms with Crippen molar-refractivity contribution < 1.29 is 19.0 Å². The molecular formula is C33H38N10O4S. The van der Waals surface area contributed by atoms with Crippen LogP contribution in [0.2, 0.25) is 0 Å². The van der Waals surface area contributed by atoms with Gasteiger partial charge in [-0.3, -0.25) is 9.69 Å². The zero-order valence-electron chi connectivity index (χ0n) is 27.1. The van der Waals surface area contributed by atoms with Gasteiger partial charge in [-0.25, -0.2) is 15.0 Å². The monoisotopic (exact) mass is 670 g/mol. The van der Waals surface area contributed by atoms with Crippen molar-refractivity contribution >= 4 is 50.9 Å². The third kappa shape index (κ3) is 6.25. The maximum atomic E-state index is 12.3. The molecule has 2 aliphatic heterocycles. The summed E-state index contributed by atoms with van der Waals surface area (Å²) in [7, 11) is 4.74. The van der Waals surface area contributed by atoms with E-state index in [9.17, 15) is 4.79 Å². The maximum Gasteiger partial charge on any atom is 0.240 e. The van der Waals surface area contributed by atoms with Crippen molar-refractivity contribution in [1.82, 2.24) is 29.4 Å². The van der Waals surface area contributed by atoms with Crippen molar-refractivity contribution in [1.29, 1.82) is 0 Å². The Morgan fingerprint density at radius 3 is 2.48 bits per heavy atom. The van der Waals surface area contributed by atoms with Crippen LogP contribution >= 0.6 is 11.3 Å². The van der Waals surface area contributed by atoms with E-state index in [1.54, 1.807) is 39.0 Å². The van der Waals surface area contributed by atoms with Crippen LogP contribution in [-0.2, 0) is 11.3 Å². The number of piperazine rings is 1. The summed E-state index contributed by atoms with van der Waals surface area (Å²) >= 11 is 1.64. The molecule has 2 saturated heterocycles. The quantitative estimate of drug-likeness (QED) is 0.210. The number of nitrogens with one attached hydrogen (secondary N) is 1. The van der Waals surface area contributed by atoms with Crippen LogP contribution < -0.4 is 35.1 Å². The summed E-state index contributed by atoms with van der Waals surface area (Å²) in [6.07, 6.45) is 6.93. The van der Waals surface area contributed by atoms with Gasteiger partial charge in [-0.1, -0.05) is 6.07 Å². The lowest BCUT2D eigenvalue weighted by atomic mass is 10.2. The Labute approximate surface area is 282 Å². The van der Waals surface area contributed by atoms with Crippen LogP contribution in [-0.4, -0.2) is 95.4 Å². The number of aromatic nitrogens is 5. The predicted octanol–water partition coefficient (Wildman–Crippen LogP) is 3.82. The van der Waals surface area contributed by atoms with E-state index in [1.807, 2.05) is 46.1 Å². The summed E-state index contributed by atoms with van der Waals surface area (Å²) in [6, 6.07) is 11.4. The van der Waals surface area contributed by atoms with Gasteiger partial charge in [0.25, 0.3) is 0 Å². The number of primary amides is 1. The number of fused-ring (bicyclic) bond motifs is 1. The minimum absolute atomic E-state index is 0.369. The third-order valence-electron chi connectivity index (χ3n) is 8.77. The molecule has 7 rings (SSSR count). The van der Waals surface area contributed by atoms with Crippen LogP contribution in [0.4, 0.5) is 23.4 Å². The molecule has 0 spiro atoms. The Morgan fingerprint density at radius 1 is 1.00 bits per heavy atom.